The van der Waals surface area contributed by atoms with E-state index in [1.54, 1.807) is 12.1 Å². The number of nitrogen functional groups attached to an aromatic ring is 1. The number of alkyl halides is 2. The van der Waals surface area contributed by atoms with Crippen molar-refractivity contribution >= 4 is 5.82 Å². The predicted molar refractivity (Wildman–Crippen MR) is 81.4 cm³/mol. The minimum Gasteiger partial charge on any atom is -0.383 e. The molecule has 0 atom stereocenters. The van der Waals surface area contributed by atoms with E-state index in [2.05, 4.69) is 25.8 Å². The lowest BCUT2D eigenvalue weighted by atomic mass is 10.1. The molecule has 1 aromatic carbocycles. The van der Waals surface area contributed by atoms with Gasteiger partial charge in [-0.15, -0.1) is 0 Å². The number of hydrogen-bond donors (Lipinski definition) is 1. The Labute approximate surface area is 123 Å². The molecule has 1 heterocycles. The molecule has 0 bridgehead atoms. The number of hydrogen-bond acceptors (Lipinski definition) is 2. The van der Waals surface area contributed by atoms with Crippen molar-refractivity contribution in [1.29, 1.82) is 0 Å². The molecule has 21 heavy (non-hydrogen) atoms. The van der Waals surface area contributed by atoms with Crippen LogP contribution in [-0.4, -0.2) is 9.55 Å². The largest absolute Gasteiger partial charge is 0.383 e. The first-order chi connectivity index (χ1) is 9.95. The first-order valence-corrected chi connectivity index (χ1v) is 7.20. The van der Waals surface area contributed by atoms with Gasteiger partial charge < -0.3 is 10.3 Å². The van der Waals surface area contributed by atoms with Crippen molar-refractivity contribution in [2.75, 3.05) is 5.73 Å². The van der Waals surface area contributed by atoms with Crippen LogP contribution < -0.4 is 5.73 Å². The Bertz CT molecular complexity index is 601. The van der Waals surface area contributed by atoms with Gasteiger partial charge in [-0.05, 0) is 6.42 Å². The summed E-state index contributed by atoms with van der Waals surface area (Å²) in [6.07, 6.45) is -1.50. The Morgan fingerprint density at radius 1 is 1.19 bits per heavy atom. The fourth-order valence-electron chi connectivity index (χ4n) is 2.38. The van der Waals surface area contributed by atoms with Crippen molar-refractivity contribution in [1.82, 2.24) is 9.55 Å². The van der Waals surface area contributed by atoms with E-state index in [0.29, 0.717) is 11.5 Å². The summed E-state index contributed by atoms with van der Waals surface area (Å²) in [4.78, 5) is 4.62. The highest BCUT2D eigenvalue weighted by Gasteiger charge is 2.18. The third kappa shape index (κ3) is 3.06. The molecule has 0 aliphatic rings. The minimum absolute atomic E-state index is 0.00870. The van der Waals surface area contributed by atoms with Gasteiger partial charge in [0.05, 0.1) is 0 Å². The lowest BCUT2D eigenvalue weighted by Gasteiger charge is -2.10. The van der Waals surface area contributed by atoms with Crippen LogP contribution in [0.3, 0.4) is 0 Å². The van der Waals surface area contributed by atoms with Gasteiger partial charge in [-0.2, -0.15) is 0 Å². The van der Waals surface area contributed by atoms with Gasteiger partial charge in [-0.25, -0.2) is 13.8 Å². The predicted octanol–water partition coefficient (Wildman–Crippen LogP) is 4.60. The molecule has 0 fully saturated rings. The molecular weight excluding hydrogens is 272 g/mol. The number of rotatable bonds is 5. The monoisotopic (exact) mass is 293 g/mol. The van der Waals surface area contributed by atoms with Crippen molar-refractivity contribution in [2.45, 2.75) is 46.1 Å². The molecule has 0 radical (unpaired) electrons. The summed E-state index contributed by atoms with van der Waals surface area (Å²) in [6.45, 7) is 7.03. The lowest BCUT2D eigenvalue weighted by molar-refractivity contribution is 0.151. The Morgan fingerprint density at radius 3 is 2.29 bits per heavy atom. The van der Waals surface area contributed by atoms with Crippen molar-refractivity contribution in [3.05, 3.63) is 35.7 Å². The van der Waals surface area contributed by atoms with Gasteiger partial charge in [0.15, 0.2) is 0 Å². The maximum absolute atomic E-state index is 12.6. The summed E-state index contributed by atoms with van der Waals surface area (Å²) >= 11 is 0. The zero-order valence-electron chi connectivity index (χ0n) is 12.6. The van der Waals surface area contributed by atoms with Gasteiger partial charge in [0, 0.05) is 23.6 Å². The molecule has 0 aliphatic carbocycles. The molecule has 114 valence electrons. The van der Waals surface area contributed by atoms with E-state index >= 15 is 0 Å². The van der Waals surface area contributed by atoms with Gasteiger partial charge in [-0.3, -0.25) is 0 Å². The molecule has 2 rings (SSSR count). The van der Waals surface area contributed by atoms with Crippen LogP contribution in [0, 0.1) is 0 Å². The summed E-state index contributed by atoms with van der Waals surface area (Å²) in [7, 11) is 0. The zero-order valence-corrected chi connectivity index (χ0v) is 12.6. The molecule has 5 heteroatoms. The number of halogens is 2. The second-order valence-electron chi connectivity index (χ2n) is 5.43. The van der Waals surface area contributed by atoms with Crippen molar-refractivity contribution in [2.24, 2.45) is 0 Å². The maximum atomic E-state index is 12.6. The highest BCUT2D eigenvalue weighted by molar-refractivity contribution is 5.71. The van der Waals surface area contributed by atoms with Crippen LogP contribution in [0.15, 0.2) is 24.3 Å². The highest BCUT2D eigenvalue weighted by Crippen LogP contribution is 2.31. The molecule has 0 saturated carbocycles. The van der Waals surface area contributed by atoms with E-state index in [-0.39, 0.29) is 11.5 Å². The van der Waals surface area contributed by atoms with Crippen LogP contribution in [0.1, 0.15) is 50.9 Å². The molecule has 3 nitrogen and oxygen atoms in total. The van der Waals surface area contributed by atoms with E-state index in [4.69, 9.17) is 5.73 Å². The molecule has 2 aromatic rings. The highest BCUT2D eigenvalue weighted by atomic mass is 19.3. The number of anilines is 1. The van der Waals surface area contributed by atoms with E-state index in [9.17, 15) is 8.78 Å². The standard InChI is InChI=1S/C16H21F2N3/c1-4-9-21-15(19)13(20-16(21)10(2)3)11-5-7-12(8-6-11)14(17)18/h5-8,10,14H,4,9,19H2,1-3H3. The first-order valence-electron chi connectivity index (χ1n) is 7.20. The molecule has 1 aromatic heterocycles. The van der Waals surface area contributed by atoms with Crippen LogP contribution in [-0.2, 0) is 6.54 Å². The summed E-state index contributed by atoms with van der Waals surface area (Å²) in [5.41, 5.74) is 7.66. The van der Waals surface area contributed by atoms with Gasteiger partial charge in [0.25, 0.3) is 6.43 Å². The number of nitrogens with zero attached hydrogens (tertiary/aromatic N) is 2. The quantitative estimate of drug-likeness (QED) is 0.875. The van der Waals surface area contributed by atoms with Crippen molar-refractivity contribution in [3.63, 3.8) is 0 Å². The smallest absolute Gasteiger partial charge is 0.263 e. The summed E-state index contributed by atoms with van der Waals surface area (Å²) in [5, 5.41) is 0. The van der Waals surface area contributed by atoms with Gasteiger partial charge >= 0.3 is 0 Å². The van der Waals surface area contributed by atoms with E-state index in [1.165, 1.54) is 12.1 Å². The van der Waals surface area contributed by atoms with Crippen LogP contribution >= 0.6 is 0 Å². The summed E-state index contributed by atoms with van der Waals surface area (Å²) in [5.74, 6) is 1.79. The van der Waals surface area contributed by atoms with Crippen LogP contribution in [0.2, 0.25) is 0 Å². The third-order valence-corrected chi connectivity index (χ3v) is 3.44. The third-order valence-electron chi connectivity index (χ3n) is 3.44. The molecule has 0 saturated heterocycles. The van der Waals surface area contributed by atoms with Gasteiger partial charge in [-0.1, -0.05) is 45.0 Å². The normalized spacial score (nSPS) is 11.6. The first kappa shape index (κ1) is 15.5. The van der Waals surface area contributed by atoms with Crippen LogP contribution in [0.4, 0.5) is 14.6 Å². The maximum Gasteiger partial charge on any atom is 0.263 e. The molecule has 0 unspecified atom stereocenters. The fraction of sp³-hybridized carbons (Fsp3) is 0.438. The summed E-state index contributed by atoms with van der Waals surface area (Å²) in [6, 6.07) is 6.15. The van der Waals surface area contributed by atoms with Crippen molar-refractivity contribution in [3.8, 4) is 11.3 Å². The Hall–Kier alpha value is -1.91. The Kier molecular flexibility index (Phi) is 4.60. The Balaban J connectivity index is 2.46. The zero-order chi connectivity index (χ0) is 15.6. The number of nitrogens with two attached hydrogens (primary N) is 1. The lowest BCUT2D eigenvalue weighted by Crippen LogP contribution is -2.08. The van der Waals surface area contributed by atoms with Gasteiger partial charge in [0.2, 0.25) is 0 Å². The topological polar surface area (TPSA) is 43.8 Å². The molecule has 0 spiro atoms. The molecular formula is C16H21F2N3. The van der Waals surface area contributed by atoms with Crippen LogP contribution in [0.25, 0.3) is 11.3 Å². The Morgan fingerprint density at radius 2 is 1.81 bits per heavy atom. The van der Waals surface area contributed by atoms with Gasteiger partial charge in [0.1, 0.15) is 17.3 Å². The average Bonchev–Trinajstić information content (AvgIpc) is 2.77. The minimum atomic E-state index is -2.46. The fourth-order valence-corrected chi connectivity index (χ4v) is 2.38. The number of imidazole rings is 1. The average molecular weight is 293 g/mol. The van der Waals surface area contributed by atoms with E-state index < -0.39 is 6.43 Å². The molecule has 2 N–H and O–H groups in total. The van der Waals surface area contributed by atoms with E-state index in [0.717, 1.165) is 24.4 Å². The number of aromatic nitrogens is 2. The van der Waals surface area contributed by atoms with E-state index in [1.807, 2.05) is 4.57 Å². The second kappa shape index (κ2) is 6.24. The summed E-state index contributed by atoms with van der Waals surface area (Å²) < 4.78 is 27.2. The number of benzene rings is 1. The SMILES string of the molecule is CCCn1c(C(C)C)nc(-c2ccc(C(F)F)cc2)c1N. The second-order valence-corrected chi connectivity index (χ2v) is 5.43. The molecule has 0 aliphatic heterocycles. The van der Waals surface area contributed by atoms with Crippen molar-refractivity contribution < 1.29 is 8.78 Å². The van der Waals surface area contributed by atoms with Crippen LogP contribution in [0.5, 0.6) is 0 Å². The molecule has 0 amide bonds.